The Morgan fingerprint density at radius 1 is 1.62 bits per heavy atom. The summed E-state index contributed by atoms with van der Waals surface area (Å²) in [4.78, 5) is 9.92. The Balaban J connectivity index is 3.80. The van der Waals surface area contributed by atoms with Crippen LogP contribution in [0.5, 0.6) is 0 Å². The van der Waals surface area contributed by atoms with Crippen LogP contribution in [-0.4, -0.2) is 23.8 Å². The van der Waals surface area contributed by atoms with Crippen molar-refractivity contribution in [1.29, 1.82) is 0 Å². The molecule has 0 radical (unpaired) electrons. The van der Waals surface area contributed by atoms with Crippen LogP contribution in [0.25, 0.3) is 0 Å². The lowest BCUT2D eigenvalue weighted by Gasteiger charge is -2.15. The SMILES string of the molecule is CCCC(C)COC(F)(F)C(=O)O. The first-order valence-corrected chi connectivity index (χ1v) is 4.15. The van der Waals surface area contributed by atoms with Gasteiger partial charge in [0.15, 0.2) is 0 Å². The van der Waals surface area contributed by atoms with Gasteiger partial charge in [0.05, 0.1) is 6.61 Å². The van der Waals surface area contributed by atoms with Crippen molar-refractivity contribution in [1.82, 2.24) is 0 Å². The third-order valence-electron chi connectivity index (χ3n) is 1.58. The van der Waals surface area contributed by atoms with Gasteiger partial charge in [-0.2, -0.15) is 8.78 Å². The number of alkyl halides is 2. The van der Waals surface area contributed by atoms with Gasteiger partial charge in [0.1, 0.15) is 0 Å². The third-order valence-corrected chi connectivity index (χ3v) is 1.58. The van der Waals surface area contributed by atoms with Crippen molar-refractivity contribution < 1.29 is 23.4 Å². The van der Waals surface area contributed by atoms with Gasteiger partial charge < -0.3 is 9.84 Å². The highest BCUT2D eigenvalue weighted by Gasteiger charge is 2.40. The summed E-state index contributed by atoms with van der Waals surface area (Å²) in [7, 11) is 0. The molecule has 0 bridgehead atoms. The minimum absolute atomic E-state index is 0.0461. The van der Waals surface area contributed by atoms with Crippen LogP contribution in [0.1, 0.15) is 26.7 Å². The Morgan fingerprint density at radius 2 is 2.15 bits per heavy atom. The summed E-state index contributed by atoms with van der Waals surface area (Å²) in [5, 5.41) is 8.01. The smallest absolute Gasteiger partial charge is 0.455 e. The summed E-state index contributed by atoms with van der Waals surface area (Å²) in [5.41, 5.74) is 0. The first kappa shape index (κ1) is 12.3. The van der Waals surface area contributed by atoms with E-state index in [2.05, 4.69) is 4.74 Å². The van der Waals surface area contributed by atoms with Gasteiger partial charge in [0.2, 0.25) is 0 Å². The molecule has 0 aliphatic rings. The van der Waals surface area contributed by atoms with Crippen molar-refractivity contribution in [2.45, 2.75) is 32.8 Å². The predicted octanol–water partition coefficient (Wildman–Crippen LogP) is 2.12. The molecule has 5 heteroatoms. The van der Waals surface area contributed by atoms with Crippen molar-refractivity contribution in [2.75, 3.05) is 6.61 Å². The molecule has 0 amide bonds. The lowest BCUT2D eigenvalue weighted by atomic mass is 10.1. The van der Waals surface area contributed by atoms with E-state index >= 15 is 0 Å². The summed E-state index contributed by atoms with van der Waals surface area (Å²) in [6.45, 7) is 3.43. The fraction of sp³-hybridized carbons (Fsp3) is 0.875. The summed E-state index contributed by atoms with van der Waals surface area (Å²) in [5.74, 6) is -2.29. The standard InChI is InChI=1S/C8H14F2O3/c1-3-4-6(2)5-13-8(9,10)7(11)12/h6H,3-5H2,1-2H3,(H,11,12). The quantitative estimate of drug-likeness (QED) is 0.707. The number of aliphatic carboxylic acids is 1. The minimum Gasteiger partial charge on any atom is -0.475 e. The van der Waals surface area contributed by atoms with Gasteiger partial charge in [-0.25, -0.2) is 4.79 Å². The first-order chi connectivity index (χ1) is 5.90. The Labute approximate surface area is 75.7 Å². The highest BCUT2D eigenvalue weighted by molar-refractivity contribution is 5.73. The Morgan fingerprint density at radius 3 is 2.54 bits per heavy atom. The van der Waals surface area contributed by atoms with Gasteiger partial charge in [0.25, 0.3) is 0 Å². The van der Waals surface area contributed by atoms with E-state index in [9.17, 15) is 13.6 Å². The van der Waals surface area contributed by atoms with E-state index in [1.165, 1.54) is 0 Å². The number of halogens is 2. The molecule has 0 aliphatic carbocycles. The second-order valence-corrected chi connectivity index (χ2v) is 3.03. The monoisotopic (exact) mass is 196 g/mol. The van der Waals surface area contributed by atoms with Crippen LogP contribution in [-0.2, 0) is 9.53 Å². The molecule has 0 saturated heterocycles. The molecule has 0 aromatic rings. The van der Waals surface area contributed by atoms with E-state index in [-0.39, 0.29) is 12.5 Å². The molecule has 13 heavy (non-hydrogen) atoms. The molecule has 0 rings (SSSR count). The minimum atomic E-state index is -4.05. The van der Waals surface area contributed by atoms with Crippen LogP contribution in [0.3, 0.4) is 0 Å². The molecular formula is C8H14F2O3. The normalized spacial score (nSPS) is 14.2. The summed E-state index contributed by atoms with van der Waals surface area (Å²) in [6, 6.07) is 0. The second kappa shape index (κ2) is 5.11. The largest absolute Gasteiger partial charge is 0.475 e. The predicted molar refractivity (Wildman–Crippen MR) is 42.6 cm³/mol. The van der Waals surface area contributed by atoms with E-state index in [1.807, 2.05) is 6.92 Å². The molecule has 0 fully saturated rings. The number of carboxylic acid groups (broad SMARTS) is 1. The molecule has 0 spiro atoms. The Kier molecular flexibility index (Phi) is 4.83. The summed E-state index contributed by atoms with van der Waals surface area (Å²) >= 11 is 0. The van der Waals surface area contributed by atoms with Gasteiger partial charge in [-0.1, -0.05) is 20.3 Å². The molecule has 0 aromatic carbocycles. The van der Waals surface area contributed by atoms with Gasteiger partial charge in [-0.15, -0.1) is 0 Å². The van der Waals surface area contributed by atoms with Crippen molar-refractivity contribution in [3.63, 3.8) is 0 Å². The summed E-state index contributed by atoms with van der Waals surface area (Å²) < 4.78 is 28.6. The third kappa shape index (κ3) is 4.77. The van der Waals surface area contributed by atoms with Crippen molar-refractivity contribution >= 4 is 5.97 Å². The maximum Gasteiger partial charge on any atom is 0.455 e. The highest BCUT2D eigenvalue weighted by Crippen LogP contribution is 2.17. The van der Waals surface area contributed by atoms with Crippen LogP contribution < -0.4 is 0 Å². The van der Waals surface area contributed by atoms with E-state index < -0.39 is 12.1 Å². The fourth-order valence-corrected chi connectivity index (χ4v) is 0.885. The summed E-state index contributed by atoms with van der Waals surface area (Å²) in [6.07, 6.45) is -2.44. The van der Waals surface area contributed by atoms with Gasteiger partial charge in [0, 0.05) is 0 Å². The molecule has 0 heterocycles. The second-order valence-electron chi connectivity index (χ2n) is 3.03. The molecule has 1 unspecified atom stereocenters. The number of carboxylic acids is 1. The molecular weight excluding hydrogens is 182 g/mol. The van der Waals surface area contributed by atoms with Gasteiger partial charge >= 0.3 is 12.1 Å². The van der Waals surface area contributed by atoms with Crippen LogP contribution in [0, 0.1) is 5.92 Å². The Bertz CT molecular complexity index is 171. The highest BCUT2D eigenvalue weighted by atomic mass is 19.3. The molecule has 0 saturated carbocycles. The maximum absolute atomic E-state index is 12.3. The average Bonchev–Trinajstić information content (AvgIpc) is 2.01. The van der Waals surface area contributed by atoms with Gasteiger partial charge in [-0.05, 0) is 12.3 Å². The zero-order valence-electron chi connectivity index (χ0n) is 7.72. The van der Waals surface area contributed by atoms with Crippen molar-refractivity contribution in [2.24, 2.45) is 5.92 Å². The fourth-order valence-electron chi connectivity index (χ4n) is 0.885. The van der Waals surface area contributed by atoms with Crippen LogP contribution >= 0.6 is 0 Å². The van der Waals surface area contributed by atoms with E-state index in [4.69, 9.17) is 5.11 Å². The number of ether oxygens (including phenoxy) is 1. The zero-order chi connectivity index (χ0) is 10.5. The lowest BCUT2D eigenvalue weighted by Crippen LogP contribution is -2.33. The number of carbonyl (C=O) groups is 1. The topological polar surface area (TPSA) is 46.5 Å². The molecule has 0 aromatic heterocycles. The van der Waals surface area contributed by atoms with E-state index in [0.717, 1.165) is 12.8 Å². The number of hydrogen-bond donors (Lipinski definition) is 1. The van der Waals surface area contributed by atoms with Crippen molar-refractivity contribution in [3.8, 4) is 0 Å². The average molecular weight is 196 g/mol. The van der Waals surface area contributed by atoms with Gasteiger partial charge in [-0.3, -0.25) is 0 Å². The zero-order valence-corrected chi connectivity index (χ0v) is 7.72. The first-order valence-electron chi connectivity index (χ1n) is 4.15. The molecule has 0 aliphatic heterocycles. The Hall–Kier alpha value is -0.710. The molecule has 78 valence electrons. The van der Waals surface area contributed by atoms with E-state index in [0.29, 0.717) is 0 Å². The van der Waals surface area contributed by atoms with E-state index in [1.54, 1.807) is 6.92 Å². The lowest BCUT2D eigenvalue weighted by molar-refractivity contribution is -0.249. The number of rotatable bonds is 6. The molecule has 1 atom stereocenters. The van der Waals surface area contributed by atoms with Crippen LogP contribution in [0.15, 0.2) is 0 Å². The van der Waals surface area contributed by atoms with Crippen LogP contribution in [0.2, 0.25) is 0 Å². The van der Waals surface area contributed by atoms with Crippen LogP contribution in [0.4, 0.5) is 8.78 Å². The number of hydrogen-bond acceptors (Lipinski definition) is 2. The molecule has 3 nitrogen and oxygen atoms in total. The molecule has 1 N–H and O–H groups in total. The maximum atomic E-state index is 12.3. The van der Waals surface area contributed by atoms with Crippen molar-refractivity contribution in [3.05, 3.63) is 0 Å².